The lowest BCUT2D eigenvalue weighted by atomic mass is 10.2. The Balaban J connectivity index is 2.35. The fourth-order valence-electron chi connectivity index (χ4n) is 1.56. The van der Waals surface area contributed by atoms with Gasteiger partial charge in [0.25, 0.3) is 10.0 Å². The van der Waals surface area contributed by atoms with Gasteiger partial charge in [-0.05, 0) is 37.3 Å². The minimum atomic E-state index is -3.69. The third-order valence-electron chi connectivity index (χ3n) is 2.42. The first-order chi connectivity index (χ1) is 9.01. The Labute approximate surface area is 111 Å². The molecular formula is C13H11N3O2S. The number of nitriles is 1. The second-order valence-electron chi connectivity index (χ2n) is 3.93. The highest BCUT2D eigenvalue weighted by Crippen LogP contribution is 2.16. The molecule has 0 atom stereocenters. The van der Waals surface area contributed by atoms with Crippen LogP contribution in [0.5, 0.6) is 0 Å². The van der Waals surface area contributed by atoms with Crippen molar-refractivity contribution in [2.24, 2.45) is 0 Å². The van der Waals surface area contributed by atoms with Crippen LogP contribution in [-0.4, -0.2) is 13.4 Å². The molecule has 0 bridgehead atoms. The van der Waals surface area contributed by atoms with E-state index in [0.29, 0.717) is 16.9 Å². The highest BCUT2D eigenvalue weighted by atomic mass is 32.2. The molecule has 5 nitrogen and oxygen atoms in total. The summed E-state index contributed by atoms with van der Waals surface area (Å²) in [5.74, 6) is 0. The molecule has 1 N–H and O–H groups in total. The molecule has 0 aliphatic carbocycles. The minimum absolute atomic E-state index is 0.0565. The quantitative estimate of drug-likeness (QED) is 0.927. The topological polar surface area (TPSA) is 82.9 Å². The van der Waals surface area contributed by atoms with Crippen LogP contribution in [0.4, 0.5) is 5.69 Å². The predicted octanol–water partition coefficient (Wildman–Crippen LogP) is 2.06. The van der Waals surface area contributed by atoms with Crippen LogP contribution in [0.2, 0.25) is 0 Å². The van der Waals surface area contributed by atoms with Crippen molar-refractivity contribution in [2.45, 2.75) is 11.8 Å². The van der Waals surface area contributed by atoms with Crippen LogP contribution in [0, 0.1) is 18.3 Å². The van der Waals surface area contributed by atoms with E-state index in [2.05, 4.69) is 9.71 Å². The van der Waals surface area contributed by atoms with Crippen LogP contribution >= 0.6 is 0 Å². The van der Waals surface area contributed by atoms with E-state index in [1.54, 1.807) is 25.1 Å². The van der Waals surface area contributed by atoms with Gasteiger partial charge in [-0.15, -0.1) is 0 Å². The molecule has 0 saturated heterocycles. The first-order valence-corrected chi connectivity index (χ1v) is 6.95. The molecule has 0 aliphatic heterocycles. The number of nitrogens with one attached hydrogen (secondary N) is 1. The van der Waals surface area contributed by atoms with Gasteiger partial charge in [0, 0.05) is 11.9 Å². The zero-order chi connectivity index (χ0) is 13.9. The van der Waals surface area contributed by atoms with Crippen molar-refractivity contribution >= 4 is 15.7 Å². The van der Waals surface area contributed by atoms with Crippen LogP contribution in [0.1, 0.15) is 11.3 Å². The van der Waals surface area contributed by atoms with Crippen molar-refractivity contribution in [1.29, 1.82) is 5.26 Å². The summed E-state index contributed by atoms with van der Waals surface area (Å²) in [4.78, 5) is 4.05. The molecule has 1 heterocycles. The Morgan fingerprint density at radius 3 is 2.74 bits per heavy atom. The lowest BCUT2D eigenvalue weighted by Crippen LogP contribution is -2.13. The molecule has 0 saturated carbocycles. The van der Waals surface area contributed by atoms with Crippen molar-refractivity contribution in [2.75, 3.05) is 4.72 Å². The smallest absolute Gasteiger partial charge is 0.261 e. The molecule has 19 heavy (non-hydrogen) atoms. The van der Waals surface area contributed by atoms with E-state index in [9.17, 15) is 8.42 Å². The average molecular weight is 273 g/mol. The third kappa shape index (κ3) is 3.09. The summed E-state index contributed by atoms with van der Waals surface area (Å²) < 4.78 is 26.7. The van der Waals surface area contributed by atoms with Gasteiger partial charge in [0.05, 0.1) is 22.2 Å². The summed E-state index contributed by atoms with van der Waals surface area (Å²) >= 11 is 0. The van der Waals surface area contributed by atoms with Crippen LogP contribution in [0.25, 0.3) is 0 Å². The number of nitrogens with zero attached hydrogens (tertiary/aromatic N) is 2. The highest BCUT2D eigenvalue weighted by Gasteiger charge is 2.14. The van der Waals surface area contributed by atoms with Crippen molar-refractivity contribution in [3.63, 3.8) is 0 Å². The number of aromatic nitrogens is 1. The first-order valence-electron chi connectivity index (χ1n) is 5.47. The molecule has 0 spiro atoms. The number of pyridine rings is 1. The van der Waals surface area contributed by atoms with Gasteiger partial charge in [-0.2, -0.15) is 5.26 Å². The summed E-state index contributed by atoms with van der Waals surface area (Å²) in [6, 6.07) is 11.0. The molecule has 0 unspecified atom stereocenters. The minimum Gasteiger partial charge on any atom is -0.280 e. The van der Waals surface area contributed by atoms with E-state index >= 15 is 0 Å². The number of hydrogen-bond acceptors (Lipinski definition) is 4. The number of sulfonamides is 1. The molecule has 96 valence electrons. The monoisotopic (exact) mass is 273 g/mol. The van der Waals surface area contributed by atoms with Crippen molar-refractivity contribution in [1.82, 2.24) is 4.98 Å². The molecule has 0 aliphatic rings. The maximum absolute atomic E-state index is 12.1. The van der Waals surface area contributed by atoms with Gasteiger partial charge >= 0.3 is 0 Å². The van der Waals surface area contributed by atoms with E-state index in [-0.39, 0.29) is 4.90 Å². The molecule has 2 aromatic rings. The van der Waals surface area contributed by atoms with Crippen molar-refractivity contribution < 1.29 is 8.42 Å². The Hall–Kier alpha value is -2.39. The summed E-state index contributed by atoms with van der Waals surface area (Å²) in [5.41, 5.74) is 1.45. The van der Waals surface area contributed by atoms with Gasteiger partial charge in [-0.1, -0.05) is 6.07 Å². The number of anilines is 1. The zero-order valence-corrected chi connectivity index (χ0v) is 11.0. The van der Waals surface area contributed by atoms with Gasteiger partial charge in [-0.3, -0.25) is 9.71 Å². The van der Waals surface area contributed by atoms with Gasteiger partial charge < -0.3 is 0 Å². The van der Waals surface area contributed by atoms with Crippen LogP contribution in [0.15, 0.2) is 47.5 Å². The molecule has 6 heteroatoms. The number of rotatable bonds is 3. The van der Waals surface area contributed by atoms with Gasteiger partial charge in [0.2, 0.25) is 0 Å². The third-order valence-corrected chi connectivity index (χ3v) is 3.80. The molecule has 1 aromatic heterocycles. The Bertz CT molecular complexity index is 748. The van der Waals surface area contributed by atoms with E-state index in [0.717, 1.165) is 0 Å². The normalized spacial score (nSPS) is 10.7. The maximum atomic E-state index is 12.1. The van der Waals surface area contributed by atoms with E-state index < -0.39 is 10.0 Å². The SMILES string of the molecule is Cc1cc(NS(=O)(=O)c2cccc(C#N)c2)ccn1. The molecule has 0 amide bonds. The van der Waals surface area contributed by atoms with Gasteiger partial charge in [0.15, 0.2) is 0 Å². The fraction of sp³-hybridized carbons (Fsp3) is 0.0769. The van der Waals surface area contributed by atoms with E-state index in [1.807, 2.05) is 6.07 Å². The lowest BCUT2D eigenvalue weighted by molar-refractivity contribution is 0.601. The van der Waals surface area contributed by atoms with Gasteiger partial charge in [-0.25, -0.2) is 8.42 Å². The van der Waals surface area contributed by atoms with Crippen molar-refractivity contribution in [3.8, 4) is 6.07 Å². The second kappa shape index (κ2) is 5.08. The van der Waals surface area contributed by atoms with Crippen LogP contribution in [0.3, 0.4) is 0 Å². The fourth-order valence-corrected chi connectivity index (χ4v) is 2.65. The predicted molar refractivity (Wildman–Crippen MR) is 70.9 cm³/mol. The van der Waals surface area contributed by atoms with Gasteiger partial charge in [0.1, 0.15) is 0 Å². The largest absolute Gasteiger partial charge is 0.280 e. The summed E-state index contributed by atoms with van der Waals surface area (Å²) in [6.07, 6.45) is 1.53. The Morgan fingerprint density at radius 2 is 2.05 bits per heavy atom. The lowest BCUT2D eigenvalue weighted by Gasteiger charge is -2.08. The summed E-state index contributed by atoms with van der Waals surface area (Å²) in [6.45, 7) is 1.77. The second-order valence-corrected chi connectivity index (χ2v) is 5.61. The molecule has 1 aromatic carbocycles. The Kier molecular flexibility index (Phi) is 3.49. The molecule has 2 rings (SSSR count). The van der Waals surface area contributed by atoms with Crippen molar-refractivity contribution in [3.05, 3.63) is 53.9 Å². The highest BCUT2D eigenvalue weighted by molar-refractivity contribution is 7.92. The molecular weight excluding hydrogens is 262 g/mol. The van der Waals surface area contributed by atoms with Crippen LogP contribution in [-0.2, 0) is 10.0 Å². The van der Waals surface area contributed by atoms with E-state index in [1.165, 1.54) is 24.4 Å². The first kappa shape index (κ1) is 13.1. The number of aryl methyl sites for hydroxylation is 1. The van der Waals surface area contributed by atoms with Crippen LogP contribution < -0.4 is 4.72 Å². The summed E-state index contributed by atoms with van der Waals surface area (Å²) in [5, 5.41) is 8.78. The van der Waals surface area contributed by atoms with E-state index in [4.69, 9.17) is 5.26 Å². The number of benzene rings is 1. The number of hydrogen-bond donors (Lipinski definition) is 1. The summed E-state index contributed by atoms with van der Waals surface area (Å²) in [7, 11) is -3.69. The maximum Gasteiger partial charge on any atom is 0.261 e. The standard InChI is InChI=1S/C13H11N3O2S/c1-10-7-12(5-6-15-10)16-19(17,18)13-4-2-3-11(8-13)9-14/h2-8H,1H3,(H,15,16). The molecule has 0 radical (unpaired) electrons. The molecule has 0 fully saturated rings. The zero-order valence-electron chi connectivity index (χ0n) is 10.2. The Morgan fingerprint density at radius 1 is 1.26 bits per heavy atom. The average Bonchev–Trinajstić information content (AvgIpc) is 2.38.